The van der Waals surface area contributed by atoms with Gasteiger partial charge in [0.2, 0.25) is 0 Å². The topological polar surface area (TPSA) is 78.3 Å². The summed E-state index contributed by atoms with van der Waals surface area (Å²) in [4.78, 5) is 16.7. The molecule has 0 saturated heterocycles. The van der Waals surface area contributed by atoms with E-state index in [1.54, 1.807) is 23.1 Å². The zero-order valence-corrected chi connectivity index (χ0v) is 16.2. The second-order valence-electron chi connectivity index (χ2n) is 5.15. The Hall–Kier alpha value is -2.58. The molecule has 26 heavy (non-hydrogen) atoms. The third-order valence-corrected chi connectivity index (χ3v) is 4.34. The predicted octanol–water partition coefficient (Wildman–Crippen LogP) is 3.95. The molecule has 3 aromatic rings. The number of carbonyl (C=O) groups excluding carboxylic acids is 1. The number of hydrogen-bond acceptors (Lipinski definition) is 5. The van der Waals surface area contributed by atoms with E-state index in [-0.39, 0.29) is 10.9 Å². The number of nitrogens with zero attached hydrogens (tertiary/aromatic N) is 3. The molecule has 1 heterocycles. The summed E-state index contributed by atoms with van der Waals surface area (Å²) in [6.45, 7) is 0. The highest BCUT2D eigenvalue weighted by Crippen LogP contribution is 2.36. The van der Waals surface area contributed by atoms with E-state index in [1.807, 2.05) is 12.1 Å². The lowest BCUT2D eigenvalue weighted by Gasteiger charge is -2.14. The van der Waals surface area contributed by atoms with Crippen molar-refractivity contribution < 1.29 is 14.3 Å². The zero-order chi connectivity index (χ0) is 18.7. The first kappa shape index (κ1) is 18.2. The quantitative estimate of drug-likeness (QED) is 0.654. The Morgan fingerprint density at radius 2 is 2.04 bits per heavy atom. The number of rotatable bonds is 5. The lowest BCUT2D eigenvalue weighted by Crippen LogP contribution is -2.14. The molecule has 0 aliphatic rings. The molecular formula is C17H14BrClN4O3. The molecule has 7 nitrogen and oxygen atoms in total. The van der Waals surface area contributed by atoms with Crippen LogP contribution in [0.5, 0.6) is 11.5 Å². The van der Waals surface area contributed by atoms with Crippen molar-refractivity contribution in [2.24, 2.45) is 0 Å². The van der Waals surface area contributed by atoms with Gasteiger partial charge in [0.1, 0.15) is 12.7 Å². The molecule has 1 aromatic heterocycles. The van der Waals surface area contributed by atoms with Crippen molar-refractivity contribution in [1.29, 1.82) is 0 Å². The molecule has 3 rings (SSSR count). The Labute approximate surface area is 163 Å². The van der Waals surface area contributed by atoms with E-state index in [0.29, 0.717) is 28.4 Å². The second-order valence-corrected chi connectivity index (χ2v) is 6.47. The number of hydrogen-bond donors (Lipinski definition) is 1. The summed E-state index contributed by atoms with van der Waals surface area (Å²) in [5.74, 6) is 0.389. The van der Waals surface area contributed by atoms with Crippen molar-refractivity contribution in [3.63, 3.8) is 0 Å². The standard InChI is InChI=1S/C17H14BrClN4O3/c1-25-15-6-10(5-12(19)16(15)26-2)17(24)22-13-7-11(18)3-4-14(13)23-9-20-8-21-23/h3-9H,1-2H3,(H,22,24). The van der Waals surface area contributed by atoms with Crippen LogP contribution in [0.3, 0.4) is 0 Å². The largest absolute Gasteiger partial charge is 0.493 e. The van der Waals surface area contributed by atoms with Crippen LogP contribution in [0.15, 0.2) is 47.5 Å². The Bertz CT molecular complexity index is 947. The van der Waals surface area contributed by atoms with Crippen LogP contribution in [0.25, 0.3) is 5.69 Å². The average Bonchev–Trinajstić information content (AvgIpc) is 3.15. The maximum Gasteiger partial charge on any atom is 0.255 e. The summed E-state index contributed by atoms with van der Waals surface area (Å²) in [6.07, 6.45) is 2.97. The van der Waals surface area contributed by atoms with Crippen LogP contribution in [0.1, 0.15) is 10.4 Å². The molecule has 0 atom stereocenters. The lowest BCUT2D eigenvalue weighted by atomic mass is 10.1. The highest BCUT2D eigenvalue weighted by atomic mass is 79.9. The monoisotopic (exact) mass is 436 g/mol. The van der Waals surface area contributed by atoms with E-state index < -0.39 is 0 Å². The maximum atomic E-state index is 12.7. The smallest absolute Gasteiger partial charge is 0.255 e. The molecule has 1 amide bonds. The van der Waals surface area contributed by atoms with Crippen molar-refractivity contribution in [3.8, 4) is 17.2 Å². The van der Waals surface area contributed by atoms with E-state index in [1.165, 1.54) is 26.6 Å². The highest BCUT2D eigenvalue weighted by Gasteiger charge is 2.17. The third kappa shape index (κ3) is 3.66. The number of carbonyl (C=O) groups is 1. The molecule has 0 fully saturated rings. The predicted molar refractivity (Wildman–Crippen MR) is 102 cm³/mol. The van der Waals surface area contributed by atoms with E-state index >= 15 is 0 Å². The molecule has 134 valence electrons. The molecular weight excluding hydrogens is 424 g/mol. The molecule has 0 radical (unpaired) electrons. The van der Waals surface area contributed by atoms with Gasteiger partial charge in [0.25, 0.3) is 5.91 Å². The van der Waals surface area contributed by atoms with Gasteiger partial charge in [-0.2, -0.15) is 5.10 Å². The minimum atomic E-state index is -0.354. The molecule has 0 bridgehead atoms. The van der Waals surface area contributed by atoms with Crippen LogP contribution in [0.2, 0.25) is 5.02 Å². The van der Waals surface area contributed by atoms with Gasteiger partial charge in [-0.1, -0.05) is 27.5 Å². The van der Waals surface area contributed by atoms with Crippen LogP contribution >= 0.6 is 27.5 Å². The van der Waals surface area contributed by atoms with Gasteiger partial charge in [0.15, 0.2) is 11.5 Å². The van der Waals surface area contributed by atoms with E-state index in [2.05, 4.69) is 31.3 Å². The van der Waals surface area contributed by atoms with Gasteiger partial charge < -0.3 is 14.8 Å². The Morgan fingerprint density at radius 3 is 2.69 bits per heavy atom. The fraction of sp³-hybridized carbons (Fsp3) is 0.118. The van der Waals surface area contributed by atoms with Crippen LogP contribution in [-0.2, 0) is 0 Å². The van der Waals surface area contributed by atoms with Crippen molar-refractivity contribution in [3.05, 3.63) is 58.0 Å². The summed E-state index contributed by atoms with van der Waals surface area (Å²) < 4.78 is 12.8. The first-order valence-corrected chi connectivity index (χ1v) is 8.58. The summed E-state index contributed by atoms with van der Waals surface area (Å²) in [7, 11) is 2.96. The third-order valence-electron chi connectivity index (χ3n) is 3.57. The average molecular weight is 438 g/mol. The minimum Gasteiger partial charge on any atom is -0.493 e. The Kier molecular flexibility index (Phi) is 5.43. The number of methoxy groups -OCH3 is 2. The molecule has 0 spiro atoms. The SMILES string of the molecule is COc1cc(C(=O)Nc2cc(Br)ccc2-n2cncn2)cc(Cl)c1OC. The minimum absolute atomic E-state index is 0.280. The number of anilines is 1. The summed E-state index contributed by atoms with van der Waals surface area (Å²) in [5.41, 5.74) is 1.56. The van der Waals surface area contributed by atoms with Crippen LogP contribution in [0, 0.1) is 0 Å². The van der Waals surface area contributed by atoms with Crippen LogP contribution < -0.4 is 14.8 Å². The number of halogens is 2. The molecule has 0 aliphatic carbocycles. The Balaban J connectivity index is 1.96. The fourth-order valence-electron chi connectivity index (χ4n) is 2.38. The number of nitrogens with one attached hydrogen (secondary N) is 1. The van der Waals surface area contributed by atoms with Crippen LogP contribution in [-0.4, -0.2) is 34.9 Å². The fourth-order valence-corrected chi connectivity index (χ4v) is 3.03. The van der Waals surface area contributed by atoms with Crippen LogP contribution in [0.4, 0.5) is 5.69 Å². The van der Waals surface area contributed by atoms with Gasteiger partial charge in [0.05, 0.1) is 30.6 Å². The highest BCUT2D eigenvalue weighted by molar-refractivity contribution is 9.10. The number of amides is 1. The van der Waals surface area contributed by atoms with Crippen molar-refractivity contribution in [1.82, 2.24) is 14.8 Å². The van der Waals surface area contributed by atoms with Gasteiger partial charge in [0, 0.05) is 10.0 Å². The van der Waals surface area contributed by atoms with Crippen molar-refractivity contribution in [2.45, 2.75) is 0 Å². The summed E-state index contributed by atoms with van der Waals surface area (Å²) in [6, 6.07) is 8.52. The maximum absolute atomic E-state index is 12.7. The van der Waals surface area contributed by atoms with Gasteiger partial charge in [-0.15, -0.1) is 0 Å². The molecule has 0 aliphatic heterocycles. The molecule has 2 aromatic carbocycles. The number of benzene rings is 2. The van der Waals surface area contributed by atoms with Gasteiger partial charge in [-0.3, -0.25) is 4.79 Å². The first-order valence-electron chi connectivity index (χ1n) is 7.41. The summed E-state index contributed by atoms with van der Waals surface area (Å²) in [5, 5.41) is 7.24. The first-order chi connectivity index (χ1) is 12.5. The lowest BCUT2D eigenvalue weighted by molar-refractivity contribution is 0.102. The van der Waals surface area contributed by atoms with Gasteiger partial charge >= 0.3 is 0 Å². The molecule has 0 saturated carbocycles. The normalized spacial score (nSPS) is 10.5. The van der Waals surface area contributed by atoms with E-state index in [9.17, 15) is 4.79 Å². The van der Waals surface area contributed by atoms with E-state index in [0.717, 1.165) is 4.47 Å². The van der Waals surface area contributed by atoms with Crippen molar-refractivity contribution in [2.75, 3.05) is 19.5 Å². The zero-order valence-electron chi connectivity index (χ0n) is 13.9. The Morgan fingerprint density at radius 1 is 1.23 bits per heavy atom. The second kappa shape index (κ2) is 7.76. The van der Waals surface area contributed by atoms with Crippen molar-refractivity contribution >= 4 is 39.1 Å². The number of aromatic nitrogens is 3. The summed E-state index contributed by atoms with van der Waals surface area (Å²) >= 11 is 9.59. The molecule has 0 unspecified atom stereocenters. The van der Waals surface area contributed by atoms with Gasteiger partial charge in [-0.25, -0.2) is 9.67 Å². The molecule has 9 heteroatoms. The van der Waals surface area contributed by atoms with Gasteiger partial charge in [-0.05, 0) is 30.3 Å². The van der Waals surface area contributed by atoms with E-state index in [4.69, 9.17) is 21.1 Å². The number of ether oxygens (including phenoxy) is 2. The molecule has 1 N–H and O–H groups in total.